The molecule has 0 heterocycles. The monoisotopic (exact) mass is 537 g/mol. The van der Waals surface area contributed by atoms with E-state index in [1.54, 1.807) is 26.8 Å². The van der Waals surface area contributed by atoms with Crippen molar-refractivity contribution in [1.82, 2.24) is 15.5 Å². The number of rotatable bonds is 13. The Labute approximate surface area is 226 Å². The van der Waals surface area contributed by atoms with Crippen molar-refractivity contribution >= 4 is 36.5 Å². The van der Waals surface area contributed by atoms with Crippen LogP contribution in [0.3, 0.4) is 0 Å². The number of esters is 1. The van der Waals surface area contributed by atoms with Crippen LogP contribution in [0.4, 0.5) is 4.79 Å². The number of alkyl carbamates (subject to hydrolysis) is 1. The van der Waals surface area contributed by atoms with Crippen LogP contribution < -0.4 is 10.6 Å². The van der Waals surface area contributed by atoms with Gasteiger partial charge in [0, 0.05) is 12.3 Å². The fourth-order valence-electron chi connectivity index (χ4n) is 3.65. The van der Waals surface area contributed by atoms with Gasteiger partial charge in [0.2, 0.25) is 11.8 Å². The number of carbonyl (C=O) groups is 4. The van der Waals surface area contributed by atoms with Gasteiger partial charge in [-0.3, -0.25) is 14.4 Å². The summed E-state index contributed by atoms with van der Waals surface area (Å²) in [5.41, 5.74) is 1.85. The highest BCUT2D eigenvalue weighted by Gasteiger charge is 2.36. The largest absolute Gasteiger partial charge is 0.468 e. The van der Waals surface area contributed by atoms with Crippen LogP contribution in [0.2, 0.25) is 0 Å². The van der Waals surface area contributed by atoms with Crippen LogP contribution in [0.15, 0.2) is 18.2 Å². The fourth-order valence-corrected chi connectivity index (χ4v) is 3.89. The van der Waals surface area contributed by atoms with E-state index in [9.17, 15) is 19.2 Å². The molecule has 1 rings (SSSR count). The number of nitrogens with zero attached hydrogens (tertiary/aromatic N) is 1. The number of ether oxygens (including phenoxy) is 2. The minimum Gasteiger partial charge on any atom is -0.468 e. The Morgan fingerprint density at radius 1 is 1.05 bits per heavy atom. The quantitative estimate of drug-likeness (QED) is 0.200. The molecule has 0 radical (unpaired) electrons. The topological polar surface area (TPSA) is 114 Å². The van der Waals surface area contributed by atoms with Crippen molar-refractivity contribution in [3.63, 3.8) is 0 Å². The molecule has 0 saturated carbocycles. The zero-order chi connectivity index (χ0) is 28.2. The number of methoxy groups -OCH3 is 1. The smallest absolute Gasteiger partial charge is 0.408 e. The first-order valence-electron chi connectivity index (χ1n) is 12.7. The molecule has 0 aliphatic carbocycles. The second-order valence-corrected chi connectivity index (χ2v) is 10.4. The van der Waals surface area contributed by atoms with Crippen molar-refractivity contribution in [2.24, 2.45) is 0 Å². The second kappa shape index (κ2) is 15.5. The van der Waals surface area contributed by atoms with E-state index in [4.69, 9.17) is 4.74 Å². The van der Waals surface area contributed by atoms with E-state index >= 15 is 0 Å². The molecule has 2 atom stereocenters. The summed E-state index contributed by atoms with van der Waals surface area (Å²) in [6.07, 6.45) is 2.78. The Morgan fingerprint density at radius 3 is 2.27 bits per heavy atom. The van der Waals surface area contributed by atoms with Crippen molar-refractivity contribution in [3.8, 4) is 0 Å². The molecule has 1 aromatic rings. The summed E-state index contributed by atoms with van der Waals surface area (Å²) in [5.74, 6) is -1.58. The van der Waals surface area contributed by atoms with Crippen LogP contribution in [-0.4, -0.2) is 66.4 Å². The fraction of sp³-hybridized carbons (Fsp3) is 0.630. The first-order chi connectivity index (χ1) is 17.3. The van der Waals surface area contributed by atoms with E-state index in [1.165, 1.54) is 12.0 Å². The molecule has 9 nitrogen and oxygen atoms in total. The lowest BCUT2D eigenvalue weighted by atomic mass is 9.98. The lowest BCUT2D eigenvalue weighted by molar-refractivity contribution is -0.144. The number of thiol groups is 1. The molecule has 0 saturated heterocycles. The Morgan fingerprint density at radius 2 is 1.73 bits per heavy atom. The second-order valence-electron chi connectivity index (χ2n) is 10.0. The SMILES string of the molecule is CCCCCCN(C(=O)C(CS)NC(=O)OC(C)(C)C)C(C(=O)NCC(=O)OC)c1ccc(C)c(C)c1. The molecule has 208 valence electrons. The Bertz CT molecular complexity index is 931. The number of amides is 3. The Kier molecular flexibility index (Phi) is 13.5. The maximum absolute atomic E-state index is 13.8. The molecular weight excluding hydrogens is 494 g/mol. The Hall–Kier alpha value is -2.75. The average Bonchev–Trinajstić information content (AvgIpc) is 2.83. The summed E-state index contributed by atoms with van der Waals surface area (Å²) in [6.45, 7) is 11.1. The maximum Gasteiger partial charge on any atom is 0.408 e. The van der Waals surface area contributed by atoms with Gasteiger partial charge in [-0.15, -0.1) is 0 Å². The molecule has 10 heteroatoms. The molecule has 0 fully saturated rings. The van der Waals surface area contributed by atoms with Gasteiger partial charge in [-0.25, -0.2) is 4.79 Å². The summed E-state index contributed by atoms with van der Waals surface area (Å²) in [7, 11) is 1.23. The third kappa shape index (κ3) is 11.0. The average molecular weight is 538 g/mol. The van der Waals surface area contributed by atoms with Gasteiger partial charge in [-0.1, -0.05) is 44.4 Å². The molecular formula is C27H43N3O6S. The zero-order valence-corrected chi connectivity index (χ0v) is 24.1. The standard InChI is InChI=1S/C27H43N3O6S/c1-8-9-10-11-14-30(25(33)21(17-37)29-26(34)36-27(4,5)6)23(24(32)28-16-22(31)35-7)20-13-12-18(2)19(3)15-20/h12-13,15,21,23,37H,8-11,14,16-17H2,1-7H3,(H,28,32)(H,29,34). The van der Waals surface area contributed by atoms with Gasteiger partial charge < -0.3 is 25.0 Å². The summed E-state index contributed by atoms with van der Waals surface area (Å²) >= 11 is 4.30. The highest BCUT2D eigenvalue weighted by molar-refractivity contribution is 7.80. The van der Waals surface area contributed by atoms with Crippen molar-refractivity contribution in [3.05, 3.63) is 34.9 Å². The van der Waals surface area contributed by atoms with Crippen LogP contribution >= 0.6 is 12.6 Å². The van der Waals surface area contributed by atoms with Crippen LogP contribution in [0, 0.1) is 13.8 Å². The van der Waals surface area contributed by atoms with Gasteiger partial charge in [0.05, 0.1) is 7.11 Å². The molecule has 0 spiro atoms. The summed E-state index contributed by atoms with van der Waals surface area (Å²) in [4.78, 5) is 52.9. The van der Waals surface area contributed by atoms with Gasteiger partial charge in [0.1, 0.15) is 24.2 Å². The molecule has 0 aromatic heterocycles. The third-order valence-corrected chi connectivity index (χ3v) is 6.11. The normalized spacial score (nSPS) is 12.8. The van der Waals surface area contributed by atoms with Gasteiger partial charge in [0.25, 0.3) is 0 Å². The van der Waals surface area contributed by atoms with Gasteiger partial charge in [-0.05, 0) is 57.7 Å². The summed E-state index contributed by atoms with van der Waals surface area (Å²) in [6, 6.07) is 3.50. The molecule has 0 bridgehead atoms. The molecule has 0 aliphatic rings. The van der Waals surface area contributed by atoms with Gasteiger partial charge in [0.15, 0.2) is 0 Å². The molecule has 0 aliphatic heterocycles. The predicted octanol–water partition coefficient (Wildman–Crippen LogP) is 3.87. The number of hydrogen-bond acceptors (Lipinski definition) is 7. The lowest BCUT2D eigenvalue weighted by Crippen LogP contribution is -2.54. The number of unbranched alkanes of at least 4 members (excludes halogenated alkanes) is 3. The lowest BCUT2D eigenvalue weighted by Gasteiger charge is -2.34. The van der Waals surface area contributed by atoms with Crippen LogP contribution in [0.25, 0.3) is 0 Å². The van der Waals surface area contributed by atoms with Crippen molar-refractivity contribution < 1.29 is 28.7 Å². The third-order valence-electron chi connectivity index (χ3n) is 5.75. The predicted molar refractivity (Wildman–Crippen MR) is 147 cm³/mol. The highest BCUT2D eigenvalue weighted by Crippen LogP contribution is 2.26. The van der Waals surface area contributed by atoms with E-state index in [0.717, 1.165) is 30.4 Å². The summed E-state index contributed by atoms with van der Waals surface area (Å²) < 4.78 is 9.98. The number of benzene rings is 1. The minimum atomic E-state index is -1.03. The molecule has 2 unspecified atom stereocenters. The number of nitrogens with one attached hydrogen (secondary N) is 2. The molecule has 1 aromatic carbocycles. The van der Waals surface area contributed by atoms with Crippen LogP contribution in [0.5, 0.6) is 0 Å². The minimum absolute atomic E-state index is 0.00691. The van der Waals surface area contributed by atoms with Crippen molar-refractivity contribution in [2.45, 2.75) is 84.9 Å². The highest BCUT2D eigenvalue weighted by atomic mass is 32.1. The van der Waals surface area contributed by atoms with E-state index in [0.29, 0.717) is 12.0 Å². The van der Waals surface area contributed by atoms with Gasteiger partial charge >= 0.3 is 12.1 Å². The van der Waals surface area contributed by atoms with Crippen LogP contribution in [-0.2, 0) is 23.9 Å². The molecule has 2 N–H and O–H groups in total. The van der Waals surface area contributed by atoms with E-state index in [2.05, 4.69) is 34.9 Å². The zero-order valence-electron chi connectivity index (χ0n) is 23.2. The molecule has 3 amide bonds. The van der Waals surface area contributed by atoms with Crippen molar-refractivity contribution in [1.29, 1.82) is 0 Å². The number of hydrogen-bond donors (Lipinski definition) is 3. The summed E-state index contributed by atoms with van der Waals surface area (Å²) in [5, 5.41) is 5.19. The Balaban J connectivity index is 3.43. The first-order valence-corrected chi connectivity index (χ1v) is 13.3. The van der Waals surface area contributed by atoms with Gasteiger partial charge in [-0.2, -0.15) is 12.6 Å². The van der Waals surface area contributed by atoms with Crippen molar-refractivity contribution in [2.75, 3.05) is 26.0 Å². The molecule has 37 heavy (non-hydrogen) atoms. The maximum atomic E-state index is 13.8. The van der Waals surface area contributed by atoms with E-state index < -0.39 is 41.6 Å². The van der Waals surface area contributed by atoms with E-state index in [-0.39, 0.29) is 18.8 Å². The number of carbonyl (C=O) groups excluding carboxylic acids is 4. The first kappa shape index (κ1) is 32.3. The van der Waals surface area contributed by atoms with Crippen LogP contribution in [0.1, 0.15) is 76.1 Å². The van der Waals surface area contributed by atoms with E-state index in [1.807, 2.05) is 26.0 Å². The number of aryl methyl sites for hydroxylation is 2.